The number of nitrogens with two attached hydrogens (primary N) is 2. The second-order valence-corrected chi connectivity index (χ2v) is 4.39. The Labute approximate surface area is 83.4 Å². The molecular formula is C9H17N3O2. The van der Waals surface area contributed by atoms with Crippen LogP contribution in [0, 0.1) is 0 Å². The minimum atomic E-state index is -0.571. The average molecular weight is 199 g/mol. The molecule has 5 heteroatoms. The Morgan fingerprint density at radius 3 is 2.14 bits per heavy atom. The fourth-order valence-corrected chi connectivity index (χ4v) is 1.82. The van der Waals surface area contributed by atoms with Gasteiger partial charge in [0.25, 0.3) is 0 Å². The van der Waals surface area contributed by atoms with Crippen molar-refractivity contribution in [1.82, 2.24) is 4.90 Å². The molecule has 1 fully saturated rings. The summed E-state index contributed by atoms with van der Waals surface area (Å²) in [6, 6.07) is -0.277. The summed E-state index contributed by atoms with van der Waals surface area (Å²) >= 11 is 0. The highest BCUT2D eigenvalue weighted by Gasteiger charge is 2.41. The molecule has 1 saturated carbocycles. The van der Waals surface area contributed by atoms with Crippen LogP contribution >= 0.6 is 0 Å². The van der Waals surface area contributed by atoms with Crippen molar-refractivity contribution in [2.75, 3.05) is 0 Å². The molecule has 0 saturated heterocycles. The minimum absolute atomic E-state index is 0.145. The van der Waals surface area contributed by atoms with E-state index in [0.29, 0.717) is 0 Å². The van der Waals surface area contributed by atoms with Gasteiger partial charge in [-0.15, -0.1) is 0 Å². The van der Waals surface area contributed by atoms with Gasteiger partial charge in [0.15, 0.2) is 0 Å². The number of carbonyl (C=O) groups is 2. The predicted octanol–water partition coefficient (Wildman–Crippen LogP) is 0.183. The van der Waals surface area contributed by atoms with Gasteiger partial charge in [-0.2, -0.15) is 0 Å². The van der Waals surface area contributed by atoms with Crippen molar-refractivity contribution in [3.05, 3.63) is 0 Å². The zero-order valence-corrected chi connectivity index (χ0v) is 8.62. The number of carbonyl (C=O) groups excluding carboxylic acids is 2. The van der Waals surface area contributed by atoms with E-state index in [2.05, 4.69) is 0 Å². The molecule has 0 heterocycles. The maximum absolute atomic E-state index is 11.2. The van der Waals surface area contributed by atoms with Crippen LogP contribution in [0.25, 0.3) is 0 Å². The zero-order chi connectivity index (χ0) is 10.9. The summed E-state index contributed by atoms with van der Waals surface area (Å²) < 4.78 is 0. The third-order valence-corrected chi connectivity index (χ3v) is 2.41. The van der Waals surface area contributed by atoms with Gasteiger partial charge in [0.2, 0.25) is 5.91 Å². The highest BCUT2D eigenvalue weighted by molar-refractivity contribution is 5.78. The smallest absolute Gasteiger partial charge is 0.315 e. The molecule has 14 heavy (non-hydrogen) atoms. The lowest BCUT2D eigenvalue weighted by atomic mass is 9.97. The molecule has 0 aromatic heterocycles. The average Bonchev–Trinajstić information content (AvgIpc) is 2.65. The lowest BCUT2D eigenvalue weighted by molar-refractivity contribution is -0.120. The van der Waals surface area contributed by atoms with Gasteiger partial charge in [0, 0.05) is 18.0 Å². The lowest BCUT2D eigenvalue weighted by Gasteiger charge is -2.36. The fraction of sp³-hybridized carbons (Fsp3) is 0.778. The Bertz CT molecular complexity index is 259. The van der Waals surface area contributed by atoms with Gasteiger partial charge in [0.05, 0.1) is 0 Å². The number of urea groups is 1. The molecule has 0 unspecified atom stereocenters. The Balaban J connectivity index is 2.74. The summed E-state index contributed by atoms with van der Waals surface area (Å²) in [5.41, 5.74) is 9.82. The van der Waals surface area contributed by atoms with Crippen molar-refractivity contribution in [3.8, 4) is 0 Å². The number of nitrogens with zero attached hydrogens (tertiary/aromatic N) is 1. The molecule has 80 valence electrons. The maximum Gasteiger partial charge on any atom is 0.315 e. The highest BCUT2D eigenvalue weighted by atomic mass is 16.2. The Morgan fingerprint density at radius 1 is 1.36 bits per heavy atom. The maximum atomic E-state index is 11.2. The summed E-state index contributed by atoms with van der Waals surface area (Å²) in [5.74, 6) is -0.415. The van der Waals surface area contributed by atoms with Gasteiger partial charge in [-0.05, 0) is 26.7 Å². The van der Waals surface area contributed by atoms with Crippen molar-refractivity contribution in [2.45, 2.75) is 44.7 Å². The van der Waals surface area contributed by atoms with Crippen molar-refractivity contribution in [3.63, 3.8) is 0 Å². The second kappa shape index (κ2) is 3.48. The molecule has 0 bridgehead atoms. The van der Waals surface area contributed by atoms with Crippen LogP contribution in [0.3, 0.4) is 0 Å². The fourth-order valence-electron chi connectivity index (χ4n) is 1.82. The van der Waals surface area contributed by atoms with Crippen molar-refractivity contribution < 1.29 is 9.59 Å². The van der Waals surface area contributed by atoms with Crippen LogP contribution < -0.4 is 11.5 Å². The number of hydrogen-bond acceptors (Lipinski definition) is 2. The van der Waals surface area contributed by atoms with Gasteiger partial charge < -0.3 is 16.4 Å². The summed E-state index contributed by atoms with van der Waals surface area (Å²) in [4.78, 5) is 23.6. The van der Waals surface area contributed by atoms with Crippen molar-refractivity contribution in [2.24, 2.45) is 11.5 Å². The summed E-state index contributed by atoms with van der Waals surface area (Å²) in [5, 5.41) is 0. The van der Waals surface area contributed by atoms with Gasteiger partial charge >= 0.3 is 6.03 Å². The second-order valence-electron chi connectivity index (χ2n) is 4.39. The number of primary amides is 2. The largest absolute Gasteiger partial charge is 0.370 e. The van der Waals surface area contributed by atoms with Gasteiger partial charge in [-0.3, -0.25) is 4.79 Å². The molecule has 0 aromatic carbocycles. The number of amides is 3. The van der Waals surface area contributed by atoms with E-state index in [0.717, 1.165) is 12.8 Å². The topological polar surface area (TPSA) is 89.4 Å². The molecule has 4 N–H and O–H groups in total. The van der Waals surface area contributed by atoms with Crippen LogP contribution in [0.2, 0.25) is 0 Å². The van der Waals surface area contributed by atoms with Crippen LogP contribution in [0.1, 0.15) is 33.1 Å². The van der Waals surface area contributed by atoms with Crippen LogP contribution in [-0.2, 0) is 4.79 Å². The third-order valence-electron chi connectivity index (χ3n) is 2.41. The molecule has 0 atom stereocenters. The van der Waals surface area contributed by atoms with E-state index in [4.69, 9.17) is 11.5 Å². The van der Waals surface area contributed by atoms with Gasteiger partial charge in [0.1, 0.15) is 0 Å². The van der Waals surface area contributed by atoms with Crippen molar-refractivity contribution in [1.29, 1.82) is 0 Å². The van der Waals surface area contributed by atoms with E-state index in [1.54, 1.807) is 18.7 Å². The quantitative estimate of drug-likeness (QED) is 0.676. The van der Waals surface area contributed by atoms with Gasteiger partial charge in [-0.1, -0.05) is 0 Å². The van der Waals surface area contributed by atoms with E-state index >= 15 is 0 Å². The summed E-state index contributed by atoms with van der Waals surface area (Å²) in [6.07, 6.45) is 2.07. The molecule has 3 amide bonds. The first-order valence-electron chi connectivity index (χ1n) is 4.71. The van der Waals surface area contributed by atoms with E-state index in [1.807, 2.05) is 0 Å². The Morgan fingerprint density at radius 2 is 1.86 bits per heavy atom. The number of rotatable bonds is 4. The Kier molecular flexibility index (Phi) is 2.69. The molecule has 0 radical (unpaired) electrons. The molecule has 1 rings (SSSR count). The van der Waals surface area contributed by atoms with Crippen LogP contribution in [-0.4, -0.2) is 28.4 Å². The number of hydrogen-bond donors (Lipinski definition) is 2. The van der Waals surface area contributed by atoms with Crippen molar-refractivity contribution >= 4 is 11.9 Å². The Hall–Kier alpha value is -1.26. The highest BCUT2D eigenvalue weighted by Crippen LogP contribution is 2.33. The monoisotopic (exact) mass is 199 g/mol. The molecule has 0 aliphatic heterocycles. The molecule has 0 aromatic rings. The van der Waals surface area contributed by atoms with Crippen LogP contribution in [0.15, 0.2) is 0 Å². The zero-order valence-electron chi connectivity index (χ0n) is 8.62. The standard InChI is InChI=1S/C9H17N3O2/c1-9(2,5-7(10)13)12(8(11)14)6-3-4-6/h6H,3-5H2,1-2H3,(H2,10,13)(H2,11,14). The first-order valence-corrected chi connectivity index (χ1v) is 4.71. The van der Waals surface area contributed by atoms with E-state index in [-0.39, 0.29) is 12.5 Å². The van der Waals surface area contributed by atoms with E-state index in [9.17, 15) is 9.59 Å². The third kappa shape index (κ3) is 2.37. The van der Waals surface area contributed by atoms with Crippen LogP contribution in [0.4, 0.5) is 4.79 Å². The predicted molar refractivity (Wildman–Crippen MR) is 52.3 cm³/mol. The molecule has 0 spiro atoms. The molecule has 1 aliphatic rings. The molecule has 1 aliphatic carbocycles. The SMILES string of the molecule is CC(C)(CC(N)=O)N(C(N)=O)C1CC1. The van der Waals surface area contributed by atoms with Gasteiger partial charge in [-0.25, -0.2) is 4.79 Å². The van der Waals surface area contributed by atoms with E-state index < -0.39 is 17.5 Å². The molecular weight excluding hydrogens is 182 g/mol. The lowest BCUT2D eigenvalue weighted by Crippen LogP contribution is -2.53. The van der Waals surface area contributed by atoms with Crippen LogP contribution in [0.5, 0.6) is 0 Å². The first kappa shape index (κ1) is 10.8. The summed E-state index contributed by atoms with van der Waals surface area (Å²) in [6.45, 7) is 3.61. The molecule has 5 nitrogen and oxygen atoms in total. The normalized spacial score (nSPS) is 16.4. The summed E-state index contributed by atoms with van der Waals surface area (Å²) in [7, 11) is 0. The minimum Gasteiger partial charge on any atom is -0.370 e. The first-order chi connectivity index (χ1) is 6.34. The van der Waals surface area contributed by atoms with E-state index in [1.165, 1.54) is 0 Å².